The van der Waals surface area contributed by atoms with E-state index < -0.39 is 6.03 Å². The number of hydrogen-bond donors (Lipinski definition) is 3. The summed E-state index contributed by atoms with van der Waals surface area (Å²) >= 11 is 0. The number of nitrogens with zero attached hydrogens (tertiary/aromatic N) is 1. The molecule has 0 bridgehead atoms. The van der Waals surface area contributed by atoms with Crippen molar-refractivity contribution >= 4 is 11.9 Å². The van der Waals surface area contributed by atoms with Gasteiger partial charge in [-0.25, -0.2) is 4.79 Å². The van der Waals surface area contributed by atoms with Crippen LogP contribution < -0.4 is 16.4 Å². The molecule has 6 heteroatoms. The lowest BCUT2D eigenvalue weighted by Gasteiger charge is -2.32. The van der Waals surface area contributed by atoms with Gasteiger partial charge in [0, 0.05) is 19.1 Å². The van der Waals surface area contributed by atoms with Gasteiger partial charge >= 0.3 is 6.03 Å². The second-order valence-corrected chi connectivity index (χ2v) is 4.61. The first-order valence-electron chi connectivity index (χ1n) is 6.00. The van der Waals surface area contributed by atoms with Crippen molar-refractivity contribution in [1.29, 1.82) is 0 Å². The van der Waals surface area contributed by atoms with E-state index in [9.17, 15) is 9.59 Å². The third kappa shape index (κ3) is 4.70. The molecule has 0 unspecified atom stereocenters. The normalized spacial score (nSPS) is 24.5. The molecule has 1 aliphatic carbocycles. The summed E-state index contributed by atoms with van der Waals surface area (Å²) in [5, 5.41) is 4.60. The zero-order chi connectivity index (χ0) is 12.8. The van der Waals surface area contributed by atoms with Gasteiger partial charge < -0.3 is 11.1 Å². The molecule has 1 rings (SSSR count). The summed E-state index contributed by atoms with van der Waals surface area (Å²) in [6, 6.07) is 0.235. The highest BCUT2D eigenvalue weighted by Crippen LogP contribution is 2.20. The van der Waals surface area contributed by atoms with Gasteiger partial charge in [-0.05, 0) is 32.7 Å². The topological polar surface area (TPSA) is 87.5 Å². The monoisotopic (exact) mass is 242 g/mol. The molecule has 6 nitrogen and oxygen atoms in total. The van der Waals surface area contributed by atoms with Crippen LogP contribution in [0.4, 0.5) is 4.79 Å². The molecule has 0 heterocycles. The van der Waals surface area contributed by atoms with Crippen molar-refractivity contribution < 1.29 is 9.59 Å². The second-order valence-electron chi connectivity index (χ2n) is 4.61. The van der Waals surface area contributed by atoms with Crippen LogP contribution in [0, 0.1) is 0 Å². The summed E-state index contributed by atoms with van der Waals surface area (Å²) in [6.45, 7) is 0.243. The van der Waals surface area contributed by atoms with Gasteiger partial charge in [-0.15, -0.1) is 0 Å². The predicted molar refractivity (Wildman–Crippen MR) is 65.5 cm³/mol. The zero-order valence-electron chi connectivity index (χ0n) is 10.5. The molecule has 98 valence electrons. The fourth-order valence-corrected chi connectivity index (χ4v) is 2.13. The van der Waals surface area contributed by atoms with Crippen LogP contribution in [0.25, 0.3) is 0 Å². The first-order valence-corrected chi connectivity index (χ1v) is 6.00. The predicted octanol–water partition coefficient (Wildman–Crippen LogP) is -0.356. The third-order valence-electron chi connectivity index (χ3n) is 3.24. The average molecular weight is 242 g/mol. The minimum absolute atomic E-state index is 0.243. The van der Waals surface area contributed by atoms with E-state index >= 15 is 0 Å². The summed E-state index contributed by atoms with van der Waals surface area (Å²) in [4.78, 5) is 24.4. The minimum atomic E-state index is -0.464. The number of nitrogens with two attached hydrogens (primary N) is 1. The average Bonchev–Trinajstić information content (AvgIpc) is 2.29. The highest BCUT2D eigenvalue weighted by atomic mass is 16.2. The highest BCUT2D eigenvalue weighted by Gasteiger charge is 2.23. The van der Waals surface area contributed by atoms with Gasteiger partial charge in [-0.3, -0.25) is 15.0 Å². The van der Waals surface area contributed by atoms with Crippen LogP contribution in [0.15, 0.2) is 0 Å². The summed E-state index contributed by atoms with van der Waals surface area (Å²) in [5.74, 6) is -0.276. The van der Waals surface area contributed by atoms with E-state index in [1.165, 1.54) is 7.05 Å². The molecular weight excluding hydrogens is 220 g/mol. The van der Waals surface area contributed by atoms with Gasteiger partial charge in [0.25, 0.3) is 0 Å². The number of likely N-dealkylation sites (N-methyl/N-ethyl adjacent to an activating group) is 1. The molecule has 1 fully saturated rings. The van der Waals surface area contributed by atoms with Gasteiger partial charge in [0.05, 0.1) is 6.54 Å². The van der Waals surface area contributed by atoms with Crippen LogP contribution in [0.2, 0.25) is 0 Å². The first kappa shape index (κ1) is 13.9. The summed E-state index contributed by atoms with van der Waals surface area (Å²) in [6.07, 6.45) is 4.05. The molecule has 0 saturated heterocycles. The Balaban J connectivity index is 2.30. The number of nitrogens with one attached hydrogen (secondary N) is 2. The Hall–Kier alpha value is -1.14. The smallest absolute Gasteiger partial charge is 0.321 e. The molecule has 0 aromatic rings. The molecular formula is C11H22N4O2. The van der Waals surface area contributed by atoms with Crippen molar-refractivity contribution in [2.24, 2.45) is 5.73 Å². The quantitative estimate of drug-likeness (QED) is 0.631. The van der Waals surface area contributed by atoms with E-state index in [4.69, 9.17) is 5.73 Å². The summed E-state index contributed by atoms with van der Waals surface area (Å²) in [7, 11) is 3.39. The lowest BCUT2D eigenvalue weighted by Crippen LogP contribution is -2.46. The Labute approximate surface area is 102 Å². The van der Waals surface area contributed by atoms with Gasteiger partial charge in [0.1, 0.15) is 0 Å². The minimum Gasteiger partial charge on any atom is -0.341 e. The molecule has 4 N–H and O–H groups in total. The molecule has 1 aliphatic rings. The number of imide groups is 1. The van der Waals surface area contributed by atoms with Crippen LogP contribution in [-0.2, 0) is 4.79 Å². The third-order valence-corrected chi connectivity index (χ3v) is 3.24. The maximum absolute atomic E-state index is 11.5. The van der Waals surface area contributed by atoms with Crippen LogP contribution >= 0.6 is 0 Å². The van der Waals surface area contributed by atoms with Gasteiger partial charge in [-0.2, -0.15) is 0 Å². The molecule has 0 aliphatic heterocycles. The summed E-state index contributed by atoms with van der Waals surface area (Å²) < 4.78 is 0. The van der Waals surface area contributed by atoms with E-state index in [1.54, 1.807) is 0 Å². The van der Waals surface area contributed by atoms with Crippen LogP contribution in [0.3, 0.4) is 0 Å². The Morgan fingerprint density at radius 3 is 2.41 bits per heavy atom. The van der Waals surface area contributed by atoms with E-state index in [0.717, 1.165) is 25.7 Å². The maximum atomic E-state index is 11.5. The Morgan fingerprint density at radius 2 is 1.88 bits per heavy atom. The van der Waals surface area contributed by atoms with Crippen molar-refractivity contribution in [2.75, 3.05) is 20.6 Å². The zero-order valence-corrected chi connectivity index (χ0v) is 10.5. The van der Waals surface area contributed by atoms with Gasteiger partial charge in [-0.1, -0.05) is 0 Å². The molecule has 0 spiro atoms. The molecule has 0 radical (unpaired) electrons. The number of urea groups is 1. The van der Waals surface area contributed by atoms with Gasteiger partial charge in [0.2, 0.25) is 5.91 Å². The first-order chi connectivity index (χ1) is 8.02. The van der Waals surface area contributed by atoms with Crippen molar-refractivity contribution in [3.8, 4) is 0 Å². The number of hydrogen-bond acceptors (Lipinski definition) is 4. The van der Waals surface area contributed by atoms with Crippen molar-refractivity contribution in [1.82, 2.24) is 15.5 Å². The van der Waals surface area contributed by atoms with E-state index in [-0.39, 0.29) is 12.5 Å². The second kappa shape index (κ2) is 6.56. The Bertz CT molecular complexity index is 275. The van der Waals surface area contributed by atoms with E-state index in [0.29, 0.717) is 12.1 Å². The fraction of sp³-hybridized carbons (Fsp3) is 0.818. The molecule has 3 amide bonds. The van der Waals surface area contributed by atoms with Crippen molar-refractivity contribution in [3.05, 3.63) is 0 Å². The van der Waals surface area contributed by atoms with Crippen LogP contribution in [0.5, 0.6) is 0 Å². The van der Waals surface area contributed by atoms with E-state index in [1.807, 2.05) is 11.9 Å². The molecule has 0 aromatic carbocycles. The number of rotatable bonds is 3. The molecule has 0 aromatic heterocycles. The molecule has 1 saturated carbocycles. The SMILES string of the molecule is CNC(=O)NC(=O)CN(C)C1CCC(N)CC1. The highest BCUT2D eigenvalue weighted by molar-refractivity contribution is 5.95. The largest absolute Gasteiger partial charge is 0.341 e. The standard InChI is InChI=1S/C11H22N4O2/c1-13-11(17)14-10(16)7-15(2)9-5-3-8(12)4-6-9/h8-9H,3-7,12H2,1-2H3,(H2,13,14,16,17). The lowest BCUT2D eigenvalue weighted by molar-refractivity contribution is -0.121. The van der Waals surface area contributed by atoms with Crippen LogP contribution in [0.1, 0.15) is 25.7 Å². The van der Waals surface area contributed by atoms with Crippen molar-refractivity contribution in [3.63, 3.8) is 0 Å². The number of carbonyl (C=O) groups is 2. The lowest BCUT2D eigenvalue weighted by atomic mass is 9.91. The Kier molecular flexibility index (Phi) is 5.37. The maximum Gasteiger partial charge on any atom is 0.321 e. The molecule has 17 heavy (non-hydrogen) atoms. The number of amides is 3. The van der Waals surface area contributed by atoms with Gasteiger partial charge in [0.15, 0.2) is 0 Å². The summed E-state index contributed by atoms with van der Waals surface area (Å²) in [5.41, 5.74) is 5.83. The van der Waals surface area contributed by atoms with Crippen LogP contribution in [-0.4, -0.2) is 49.6 Å². The molecule has 0 atom stereocenters. The number of carbonyl (C=O) groups excluding carboxylic acids is 2. The van der Waals surface area contributed by atoms with Crippen molar-refractivity contribution in [2.45, 2.75) is 37.8 Å². The Morgan fingerprint density at radius 1 is 1.29 bits per heavy atom. The fourth-order valence-electron chi connectivity index (χ4n) is 2.13. The van der Waals surface area contributed by atoms with E-state index in [2.05, 4.69) is 10.6 Å².